The number of aromatic nitrogens is 1. The number of thioether (sulfide) groups is 1. The van der Waals surface area contributed by atoms with Crippen molar-refractivity contribution >= 4 is 38.5 Å². The van der Waals surface area contributed by atoms with Crippen LogP contribution < -0.4 is 5.56 Å². The van der Waals surface area contributed by atoms with Gasteiger partial charge in [0.15, 0.2) is 0 Å². The van der Waals surface area contributed by atoms with Gasteiger partial charge in [-0.15, -0.1) is 11.8 Å². The van der Waals surface area contributed by atoms with E-state index in [-0.39, 0.29) is 5.56 Å². The summed E-state index contributed by atoms with van der Waals surface area (Å²) in [6.07, 6.45) is 1.81. The maximum absolute atomic E-state index is 12.2. The second kappa shape index (κ2) is 6.08. The summed E-state index contributed by atoms with van der Waals surface area (Å²) in [6, 6.07) is 16.4. The number of aryl methyl sites for hydroxylation is 1. The Kier molecular flexibility index (Phi) is 4.17. The molecule has 0 aliphatic rings. The summed E-state index contributed by atoms with van der Waals surface area (Å²) in [5.74, 6) is 0.903. The summed E-state index contributed by atoms with van der Waals surface area (Å²) in [4.78, 5) is 13.4. The van der Waals surface area contributed by atoms with Gasteiger partial charge < -0.3 is 4.57 Å². The van der Waals surface area contributed by atoms with E-state index in [1.165, 1.54) is 5.56 Å². The Bertz CT molecular complexity index is 843. The summed E-state index contributed by atoms with van der Waals surface area (Å²) in [6.45, 7) is 0. The largest absolute Gasteiger partial charge is 0.317 e. The highest BCUT2D eigenvalue weighted by Gasteiger charge is 2.06. The molecule has 4 heteroatoms. The summed E-state index contributed by atoms with van der Waals surface area (Å²) >= 11 is 5.26. The van der Waals surface area contributed by atoms with E-state index in [4.69, 9.17) is 0 Å². The van der Waals surface area contributed by atoms with E-state index in [0.717, 1.165) is 25.9 Å². The van der Waals surface area contributed by atoms with Crippen LogP contribution in [0.2, 0.25) is 0 Å². The molecule has 106 valence electrons. The molecule has 3 rings (SSSR count). The lowest BCUT2D eigenvalue weighted by atomic mass is 10.2. The average molecular weight is 360 g/mol. The first-order chi connectivity index (χ1) is 10.1. The van der Waals surface area contributed by atoms with Gasteiger partial charge in [-0.05, 0) is 33.6 Å². The third kappa shape index (κ3) is 3.06. The van der Waals surface area contributed by atoms with Crippen molar-refractivity contribution in [3.63, 3.8) is 0 Å². The first-order valence-corrected chi connectivity index (χ1v) is 8.38. The van der Waals surface area contributed by atoms with Crippen LogP contribution >= 0.6 is 27.7 Å². The second-order valence-corrected chi connectivity index (χ2v) is 6.78. The lowest BCUT2D eigenvalue weighted by Gasteiger charge is -2.07. The molecule has 0 atom stereocenters. The molecule has 0 spiro atoms. The van der Waals surface area contributed by atoms with Crippen molar-refractivity contribution in [2.24, 2.45) is 7.05 Å². The van der Waals surface area contributed by atoms with Crippen molar-refractivity contribution in [3.05, 3.63) is 75.1 Å². The lowest BCUT2D eigenvalue weighted by molar-refractivity contribution is 0.868. The Morgan fingerprint density at radius 2 is 1.86 bits per heavy atom. The van der Waals surface area contributed by atoms with Crippen molar-refractivity contribution in [3.8, 4) is 0 Å². The number of halogens is 1. The first kappa shape index (κ1) is 14.4. The van der Waals surface area contributed by atoms with Crippen LogP contribution in [-0.4, -0.2) is 4.57 Å². The van der Waals surface area contributed by atoms with Crippen LogP contribution in [0.4, 0.5) is 0 Å². The van der Waals surface area contributed by atoms with E-state index < -0.39 is 0 Å². The minimum Gasteiger partial charge on any atom is -0.317 e. The van der Waals surface area contributed by atoms with Gasteiger partial charge in [0, 0.05) is 39.1 Å². The van der Waals surface area contributed by atoms with Crippen molar-refractivity contribution < 1.29 is 0 Å². The SMILES string of the molecule is Cn1cc(Br)c2ccc(SCc3ccccc3)cc2c1=O. The van der Waals surface area contributed by atoms with E-state index in [9.17, 15) is 4.79 Å². The quantitative estimate of drug-likeness (QED) is 0.637. The summed E-state index contributed by atoms with van der Waals surface area (Å²) in [7, 11) is 1.77. The fourth-order valence-electron chi connectivity index (χ4n) is 2.23. The van der Waals surface area contributed by atoms with E-state index in [2.05, 4.69) is 34.1 Å². The predicted molar refractivity (Wildman–Crippen MR) is 92.9 cm³/mol. The number of fused-ring (bicyclic) bond motifs is 1. The fraction of sp³-hybridized carbons (Fsp3) is 0.118. The monoisotopic (exact) mass is 359 g/mol. The van der Waals surface area contributed by atoms with Crippen LogP contribution in [0, 0.1) is 0 Å². The molecule has 0 radical (unpaired) electrons. The number of rotatable bonds is 3. The molecule has 21 heavy (non-hydrogen) atoms. The van der Waals surface area contributed by atoms with E-state index in [1.54, 1.807) is 29.6 Å². The van der Waals surface area contributed by atoms with Crippen LogP contribution in [0.25, 0.3) is 10.8 Å². The van der Waals surface area contributed by atoms with Gasteiger partial charge in [-0.1, -0.05) is 36.4 Å². The Morgan fingerprint density at radius 3 is 2.62 bits per heavy atom. The third-order valence-electron chi connectivity index (χ3n) is 3.35. The molecule has 2 nitrogen and oxygen atoms in total. The minimum atomic E-state index is 0.0374. The Hall–Kier alpha value is -1.52. The van der Waals surface area contributed by atoms with Crippen molar-refractivity contribution in [2.45, 2.75) is 10.6 Å². The van der Waals surface area contributed by atoms with Gasteiger partial charge >= 0.3 is 0 Å². The number of benzene rings is 2. The number of pyridine rings is 1. The molecule has 0 N–H and O–H groups in total. The van der Waals surface area contributed by atoms with Gasteiger partial charge in [0.1, 0.15) is 0 Å². The van der Waals surface area contributed by atoms with Crippen LogP contribution in [0.15, 0.2) is 68.9 Å². The first-order valence-electron chi connectivity index (χ1n) is 6.61. The lowest BCUT2D eigenvalue weighted by Crippen LogP contribution is -2.16. The van der Waals surface area contributed by atoms with Gasteiger partial charge in [-0.3, -0.25) is 4.79 Å². The molecule has 0 bridgehead atoms. The van der Waals surface area contributed by atoms with Gasteiger partial charge in [0.25, 0.3) is 5.56 Å². The van der Waals surface area contributed by atoms with Gasteiger partial charge in [-0.2, -0.15) is 0 Å². The highest BCUT2D eigenvalue weighted by molar-refractivity contribution is 9.10. The number of hydrogen-bond acceptors (Lipinski definition) is 2. The Morgan fingerprint density at radius 1 is 1.10 bits per heavy atom. The molecule has 2 aromatic carbocycles. The van der Waals surface area contributed by atoms with E-state index in [1.807, 2.05) is 30.3 Å². The summed E-state index contributed by atoms with van der Waals surface area (Å²) in [5, 5.41) is 1.71. The third-order valence-corrected chi connectivity index (χ3v) is 5.05. The van der Waals surface area contributed by atoms with Crippen LogP contribution in [0.5, 0.6) is 0 Å². The topological polar surface area (TPSA) is 22.0 Å². The zero-order chi connectivity index (χ0) is 14.8. The fourth-order valence-corrected chi connectivity index (χ4v) is 3.77. The second-order valence-electron chi connectivity index (χ2n) is 4.87. The molecule has 0 aliphatic carbocycles. The maximum atomic E-state index is 12.2. The molecule has 0 fully saturated rings. The van der Waals surface area contributed by atoms with E-state index >= 15 is 0 Å². The highest BCUT2D eigenvalue weighted by atomic mass is 79.9. The molecule has 0 saturated heterocycles. The highest BCUT2D eigenvalue weighted by Crippen LogP contribution is 2.28. The zero-order valence-electron chi connectivity index (χ0n) is 11.5. The van der Waals surface area contributed by atoms with Gasteiger partial charge in [0.05, 0.1) is 0 Å². The average Bonchev–Trinajstić information content (AvgIpc) is 2.51. The maximum Gasteiger partial charge on any atom is 0.258 e. The zero-order valence-corrected chi connectivity index (χ0v) is 13.9. The number of hydrogen-bond donors (Lipinski definition) is 0. The molecule has 1 heterocycles. The Labute approximate surface area is 135 Å². The summed E-state index contributed by atoms with van der Waals surface area (Å²) < 4.78 is 2.55. The Balaban J connectivity index is 1.94. The molecule has 0 saturated carbocycles. The predicted octanol–water partition coefficient (Wildman–Crippen LogP) is 4.59. The van der Waals surface area contributed by atoms with Gasteiger partial charge in [0.2, 0.25) is 0 Å². The minimum absolute atomic E-state index is 0.0374. The smallest absolute Gasteiger partial charge is 0.258 e. The van der Waals surface area contributed by atoms with Crippen LogP contribution in [-0.2, 0) is 12.8 Å². The van der Waals surface area contributed by atoms with Crippen molar-refractivity contribution in [1.29, 1.82) is 0 Å². The van der Waals surface area contributed by atoms with E-state index in [0.29, 0.717) is 0 Å². The molecular formula is C17H14BrNOS. The molecule has 0 unspecified atom stereocenters. The number of nitrogens with zero attached hydrogens (tertiary/aromatic N) is 1. The van der Waals surface area contributed by atoms with Crippen molar-refractivity contribution in [2.75, 3.05) is 0 Å². The molecular weight excluding hydrogens is 346 g/mol. The molecule has 0 aliphatic heterocycles. The normalized spacial score (nSPS) is 11.0. The molecule has 0 amide bonds. The molecule has 3 aromatic rings. The molecule has 1 aromatic heterocycles. The van der Waals surface area contributed by atoms with Gasteiger partial charge in [-0.25, -0.2) is 0 Å². The van der Waals surface area contributed by atoms with Crippen LogP contribution in [0.1, 0.15) is 5.56 Å². The van der Waals surface area contributed by atoms with Crippen molar-refractivity contribution in [1.82, 2.24) is 4.57 Å². The van der Waals surface area contributed by atoms with Crippen LogP contribution in [0.3, 0.4) is 0 Å². The summed E-state index contributed by atoms with van der Waals surface area (Å²) in [5.41, 5.74) is 1.32. The standard InChI is InChI=1S/C17H14BrNOS/c1-19-10-16(18)14-8-7-13(9-15(14)17(19)20)21-11-12-5-3-2-4-6-12/h2-10H,11H2,1H3.